The van der Waals surface area contributed by atoms with Crippen molar-refractivity contribution in [1.82, 2.24) is 4.98 Å². The molecule has 1 heterocycles. The standard InChI is InChI=1S/C16H17N3/c1-16(2,14-4-3-9-18-11-14)12-19-15-7-5-13(10-17)6-8-15/h3-9,11,19H,12H2,1-2H3. The van der Waals surface area contributed by atoms with E-state index in [1.165, 1.54) is 5.56 Å². The lowest BCUT2D eigenvalue weighted by molar-refractivity contribution is 0.555. The van der Waals surface area contributed by atoms with Crippen LogP contribution in [0.2, 0.25) is 0 Å². The molecule has 1 aromatic heterocycles. The van der Waals surface area contributed by atoms with E-state index in [0.29, 0.717) is 5.56 Å². The van der Waals surface area contributed by atoms with Crippen LogP contribution in [0.3, 0.4) is 0 Å². The summed E-state index contributed by atoms with van der Waals surface area (Å²) < 4.78 is 0. The van der Waals surface area contributed by atoms with Gasteiger partial charge in [0.05, 0.1) is 11.6 Å². The molecule has 0 bridgehead atoms. The minimum absolute atomic E-state index is 0.00214. The van der Waals surface area contributed by atoms with Gasteiger partial charge in [0.25, 0.3) is 0 Å². The Morgan fingerprint density at radius 1 is 1.21 bits per heavy atom. The fourth-order valence-corrected chi connectivity index (χ4v) is 1.85. The Morgan fingerprint density at radius 3 is 2.53 bits per heavy atom. The molecule has 0 fully saturated rings. The Hall–Kier alpha value is -2.34. The second-order valence-corrected chi connectivity index (χ2v) is 5.17. The number of nitrogens with zero attached hydrogens (tertiary/aromatic N) is 2. The molecule has 0 saturated heterocycles. The molecule has 0 aliphatic rings. The number of benzene rings is 1. The maximum Gasteiger partial charge on any atom is 0.0991 e. The molecule has 2 rings (SSSR count). The monoisotopic (exact) mass is 251 g/mol. The molecule has 0 aliphatic heterocycles. The first kappa shape index (κ1) is 13.1. The van der Waals surface area contributed by atoms with Crippen molar-refractivity contribution < 1.29 is 0 Å². The van der Waals surface area contributed by atoms with Gasteiger partial charge in [0.1, 0.15) is 0 Å². The highest BCUT2D eigenvalue weighted by atomic mass is 14.9. The van der Waals surface area contributed by atoms with Gasteiger partial charge in [-0.1, -0.05) is 19.9 Å². The topological polar surface area (TPSA) is 48.7 Å². The lowest BCUT2D eigenvalue weighted by Gasteiger charge is -2.25. The molecule has 0 spiro atoms. The van der Waals surface area contributed by atoms with Gasteiger partial charge in [-0.3, -0.25) is 4.98 Å². The van der Waals surface area contributed by atoms with E-state index in [1.54, 1.807) is 6.20 Å². The summed E-state index contributed by atoms with van der Waals surface area (Å²) >= 11 is 0. The van der Waals surface area contributed by atoms with E-state index in [4.69, 9.17) is 5.26 Å². The van der Waals surface area contributed by atoms with Gasteiger partial charge >= 0.3 is 0 Å². The van der Waals surface area contributed by atoms with E-state index in [0.717, 1.165) is 12.2 Å². The SMILES string of the molecule is CC(C)(CNc1ccc(C#N)cc1)c1cccnc1. The maximum atomic E-state index is 8.76. The first-order valence-corrected chi connectivity index (χ1v) is 6.26. The molecule has 0 atom stereocenters. The van der Waals surface area contributed by atoms with Crippen LogP contribution < -0.4 is 5.32 Å². The highest BCUT2D eigenvalue weighted by molar-refractivity contribution is 5.47. The highest BCUT2D eigenvalue weighted by Gasteiger charge is 2.20. The number of hydrogen-bond donors (Lipinski definition) is 1. The summed E-state index contributed by atoms with van der Waals surface area (Å²) in [6.45, 7) is 5.17. The summed E-state index contributed by atoms with van der Waals surface area (Å²) in [6.07, 6.45) is 3.69. The van der Waals surface area contributed by atoms with Gasteiger partial charge in [0.2, 0.25) is 0 Å². The number of nitrogens with one attached hydrogen (secondary N) is 1. The smallest absolute Gasteiger partial charge is 0.0991 e. The fraction of sp³-hybridized carbons (Fsp3) is 0.250. The highest BCUT2D eigenvalue weighted by Crippen LogP contribution is 2.22. The normalized spacial score (nSPS) is 10.8. The van der Waals surface area contributed by atoms with E-state index >= 15 is 0 Å². The summed E-state index contributed by atoms with van der Waals surface area (Å²) in [6, 6.07) is 13.7. The third-order valence-corrected chi connectivity index (χ3v) is 3.19. The Labute approximate surface area is 113 Å². The van der Waals surface area contributed by atoms with Gasteiger partial charge in [0.15, 0.2) is 0 Å². The van der Waals surface area contributed by atoms with Crippen molar-refractivity contribution in [3.8, 4) is 6.07 Å². The number of nitriles is 1. The second-order valence-electron chi connectivity index (χ2n) is 5.17. The first-order chi connectivity index (χ1) is 9.12. The van der Waals surface area contributed by atoms with Crippen LogP contribution in [0.5, 0.6) is 0 Å². The van der Waals surface area contributed by atoms with Crippen LogP contribution >= 0.6 is 0 Å². The molecule has 0 unspecified atom stereocenters. The lowest BCUT2D eigenvalue weighted by Crippen LogP contribution is -2.27. The van der Waals surface area contributed by atoms with E-state index < -0.39 is 0 Å². The molecule has 0 radical (unpaired) electrons. The molecular weight excluding hydrogens is 234 g/mol. The van der Waals surface area contributed by atoms with Crippen molar-refractivity contribution in [3.63, 3.8) is 0 Å². The molecule has 0 saturated carbocycles. The van der Waals surface area contributed by atoms with Crippen LogP contribution in [0, 0.1) is 11.3 Å². The van der Waals surface area contributed by atoms with Gasteiger partial charge in [-0.2, -0.15) is 5.26 Å². The van der Waals surface area contributed by atoms with Crippen molar-refractivity contribution in [1.29, 1.82) is 5.26 Å². The van der Waals surface area contributed by atoms with Crippen molar-refractivity contribution in [3.05, 3.63) is 59.9 Å². The van der Waals surface area contributed by atoms with Crippen LogP contribution in [0.25, 0.3) is 0 Å². The fourth-order valence-electron chi connectivity index (χ4n) is 1.85. The lowest BCUT2D eigenvalue weighted by atomic mass is 9.85. The average molecular weight is 251 g/mol. The van der Waals surface area contributed by atoms with Crippen molar-refractivity contribution in [2.45, 2.75) is 19.3 Å². The minimum atomic E-state index is 0.00214. The van der Waals surface area contributed by atoms with Crippen molar-refractivity contribution >= 4 is 5.69 Å². The summed E-state index contributed by atoms with van der Waals surface area (Å²) in [5.41, 5.74) is 2.91. The minimum Gasteiger partial charge on any atom is -0.384 e. The average Bonchev–Trinajstić information content (AvgIpc) is 2.47. The van der Waals surface area contributed by atoms with Crippen LogP contribution in [-0.4, -0.2) is 11.5 Å². The molecule has 19 heavy (non-hydrogen) atoms. The van der Waals surface area contributed by atoms with Gasteiger partial charge in [0, 0.05) is 30.0 Å². The Balaban J connectivity index is 2.03. The molecule has 0 aliphatic carbocycles. The largest absolute Gasteiger partial charge is 0.384 e. The van der Waals surface area contributed by atoms with Crippen LogP contribution in [-0.2, 0) is 5.41 Å². The zero-order valence-electron chi connectivity index (χ0n) is 11.2. The van der Waals surface area contributed by atoms with Crippen LogP contribution in [0.15, 0.2) is 48.8 Å². The van der Waals surface area contributed by atoms with Crippen LogP contribution in [0.4, 0.5) is 5.69 Å². The molecule has 96 valence electrons. The van der Waals surface area contributed by atoms with E-state index in [-0.39, 0.29) is 5.41 Å². The van der Waals surface area contributed by atoms with Gasteiger partial charge < -0.3 is 5.32 Å². The zero-order chi connectivity index (χ0) is 13.7. The Morgan fingerprint density at radius 2 is 1.95 bits per heavy atom. The Kier molecular flexibility index (Phi) is 3.82. The number of rotatable bonds is 4. The molecule has 3 nitrogen and oxygen atoms in total. The second kappa shape index (κ2) is 5.53. The predicted molar refractivity (Wildman–Crippen MR) is 76.9 cm³/mol. The number of aromatic nitrogens is 1. The Bertz CT molecular complexity index is 565. The van der Waals surface area contributed by atoms with E-state index in [9.17, 15) is 0 Å². The summed E-state index contributed by atoms with van der Waals surface area (Å²) in [4.78, 5) is 4.16. The molecule has 1 N–H and O–H groups in total. The summed E-state index contributed by atoms with van der Waals surface area (Å²) in [5.74, 6) is 0. The van der Waals surface area contributed by atoms with Crippen LogP contribution in [0.1, 0.15) is 25.0 Å². The quantitative estimate of drug-likeness (QED) is 0.906. The number of pyridine rings is 1. The summed E-state index contributed by atoms with van der Waals surface area (Å²) in [7, 11) is 0. The molecular formula is C16H17N3. The van der Waals surface area contributed by atoms with Gasteiger partial charge in [-0.25, -0.2) is 0 Å². The third kappa shape index (κ3) is 3.32. The molecule has 2 aromatic rings. The van der Waals surface area contributed by atoms with E-state index in [2.05, 4.69) is 36.3 Å². The molecule has 3 heteroatoms. The van der Waals surface area contributed by atoms with Crippen molar-refractivity contribution in [2.24, 2.45) is 0 Å². The zero-order valence-corrected chi connectivity index (χ0v) is 11.2. The number of anilines is 1. The van der Waals surface area contributed by atoms with E-state index in [1.807, 2.05) is 36.5 Å². The first-order valence-electron chi connectivity index (χ1n) is 6.26. The van der Waals surface area contributed by atoms with Gasteiger partial charge in [-0.05, 0) is 35.9 Å². The maximum absolute atomic E-state index is 8.76. The predicted octanol–water partition coefficient (Wildman–Crippen LogP) is 3.34. The van der Waals surface area contributed by atoms with Gasteiger partial charge in [-0.15, -0.1) is 0 Å². The molecule has 0 amide bonds. The van der Waals surface area contributed by atoms with Crippen molar-refractivity contribution in [2.75, 3.05) is 11.9 Å². The summed E-state index contributed by atoms with van der Waals surface area (Å²) in [5, 5.41) is 12.2. The third-order valence-electron chi connectivity index (χ3n) is 3.19. The molecule has 1 aromatic carbocycles. The number of hydrogen-bond acceptors (Lipinski definition) is 3.